The number of aromatic nitrogens is 4. The van der Waals surface area contributed by atoms with Gasteiger partial charge in [0.05, 0.1) is 23.5 Å². The second kappa shape index (κ2) is 9.27. The number of imidazole rings is 1. The van der Waals surface area contributed by atoms with Crippen LogP contribution in [0.1, 0.15) is 56.1 Å². The van der Waals surface area contributed by atoms with E-state index in [9.17, 15) is 10.0 Å². The molecule has 144 valence electrons. The molecule has 0 saturated carbocycles. The third kappa shape index (κ3) is 5.13. The summed E-state index contributed by atoms with van der Waals surface area (Å²) in [6, 6.07) is 7.89. The second-order valence-corrected chi connectivity index (χ2v) is 6.65. The molecule has 2 heterocycles. The Morgan fingerprint density at radius 2 is 2.11 bits per heavy atom. The summed E-state index contributed by atoms with van der Waals surface area (Å²) in [6.07, 6.45) is 5.56. The molecule has 1 atom stereocenters. The van der Waals surface area contributed by atoms with Crippen molar-refractivity contribution in [1.82, 2.24) is 25.2 Å². The van der Waals surface area contributed by atoms with Gasteiger partial charge in [-0.1, -0.05) is 38.3 Å². The fraction of sp³-hybridized carbons (Fsp3) is 0.474. The Kier molecular flexibility index (Phi) is 6.54. The largest absolute Gasteiger partial charge is 0.425 e. The van der Waals surface area contributed by atoms with Crippen LogP contribution in [-0.2, 0) is 17.6 Å². The van der Waals surface area contributed by atoms with Crippen molar-refractivity contribution in [3.8, 4) is 0 Å². The van der Waals surface area contributed by atoms with Crippen LogP contribution in [0.25, 0.3) is 11.0 Å². The number of nitrogens with one attached hydrogen (secondary N) is 1. The molecule has 1 aromatic carbocycles. The monoisotopic (exact) mass is 371 g/mol. The first-order valence-electron chi connectivity index (χ1n) is 9.36. The molecule has 0 aliphatic rings. The number of amides is 1. The summed E-state index contributed by atoms with van der Waals surface area (Å²) in [6.45, 7) is 2.28. The molecule has 0 spiro atoms. The number of fused-ring (bicyclic) bond motifs is 1. The molecule has 3 aromatic rings. The van der Waals surface area contributed by atoms with Gasteiger partial charge in [0.15, 0.2) is 0 Å². The zero-order valence-corrected chi connectivity index (χ0v) is 15.5. The number of hydrogen-bond donors (Lipinski definition) is 2. The van der Waals surface area contributed by atoms with Crippen LogP contribution in [-0.4, -0.2) is 43.4 Å². The van der Waals surface area contributed by atoms with Gasteiger partial charge in [-0.2, -0.15) is 0 Å². The van der Waals surface area contributed by atoms with E-state index in [1.807, 2.05) is 24.3 Å². The number of para-hydroxylation sites is 2. The first-order chi connectivity index (χ1) is 13.2. The average Bonchev–Trinajstić information content (AvgIpc) is 3.32. The van der Waals surface area contributed by atoms with E-state index in [2.05, 4.69) is 27.1 Å². The van der Waals surface area contributed by atoms with Crippen molar-refractivity contribution in [2.75, 3.05) is 6.54 Å². The van der Waals surface area contributed by atoms with Gasteiger partial charge in [0.25, 0.3) is 0 Å². The van der Waals surface area contributed by atoms with Crippen LogP contribution in [0.2, 0.25) is 0 Å². The minimum Gasteiger partial charge on any atom is -0.425 e. The molecule has 0 saturated heterocycles. The van der Waals surface area contributed by atoms with Crippen LogP contribution in [0.3, 0.4) is 0 Å². The fourth-order valence-electron chi connectivity index (χ4n) is 3.08. The molecule has 2 aromatic heterocycles. The molecule has 2 N–H and O–H groups in total. The first-order valence-corrected chi connectivity index (χ1v) is 9.36. The fourth-order valence-corrected chi connectivity index (χ4v) is 3.08. The third-order valence-corrected chi connectivity index (χ3v) is 4.53. The van der Waals surface area contributed by atoms with Crippen molar-refractivity contribution in [3.05, 3.63) is 41.9 Å². The molecule has 3 rings (SSSR count). The average molecular weight is 371 g/mol. The number of aryl methyl sites for hydroxylation is 2. The van der Waals surface area contributed by atoms with Crippen molar-refractivity contribution in [2.24, 2.45) is 0 Å². The van der Waals surface area contributed by atoms with Crippen LogP contribution in [0.4, 0.5) is 0 Å². The number of unbranched alkanes of at least 4 members (excludes halogenated alkanes) is 2. The van der Waals surface area contributed by atoms with Gasteiger partial charge < -0.3 is 9.40 Å². The number of carbonyl (C=O) groups excluding carboxylic acids is 1. The highest BCUT2D eigenvalue weighted by Crippen LogP contribution is 2.23. The SMILES string of the molecule is CCCCC[C@H](CN(O)C=O)c1nnc(CCc2nc3ccccc3[nH]2)o1. The van der Waals surface area contributed by atoms with E-state index < -0.39 is 0 Å². The number of aromatic amines is 1. The number of H-pyrrole nitrogens is 1. The van der Waals surface area contributed by atoms with E-state index in [0.29, 0.717) is 36.1 Å². The van der Waals surface area contributed by atoms with E-state index in [4.69, 9.17) is 4.42 Å². The zero-order valence-electron chi connectivity index (χ0n) is 15.5. The van der Waals surface area contributed by atoms with E-state index in [1.165, 1.54) is 0 Å². The maximum atomic E-state index is 10.7. The van der Waals surface area contributed by atoms with Crippen molar-refractivity contribution < 1.29 is 14.4 Å². The Labute approximate surface area is 157 Å². The predicted octanol–water partition coefficient (Wildman–Crippen LogP) is 3.24. The summed E-state index contributed by atoms with van der Waals surface area (Å²) in [4.78, 5) is 18.6. The van der Waals surface area contributed by atoms with Gasteiger partial charge in [-0.05, 0) is 18.6 Å². The number of hydrogen-bond acceptors (Lipinski definition) is 6. The Balaban J connectivity index is 1.62. The Hall–Kier alpha value is -2.74. The highest BCUT2D eigenvalue weighted by atomic mass is 16.5. The van der Waals surface area contributed by atoms with Gasteiger partial charge in [-0.15, -0.1) is 10.2 Å². The summed E-state index contributed by atoms with van der Waals surface area (Å²) in [5.74, 6) is 1.70. The Morgan fingerprint density at radius 1 is 1.26 bits per heavy atom. The van der Waals surface area contributed by atoms with Gasteiger partial charge in [-0.3, -0.25) is 10.0 Å². The van der Waals surface area contributed by atoms with Crippen molar-refractivity contribution in [3.63, 3.8) is 0 Å². The lowest BCUT2D eigenvalue weighted by Crippen LogP contribution is -2.24. The summed E-state index contributed by atoms with van der Waals surface area (Å²) in [7, 11) is 0. The molecule has 0 radical (unpaired) electrons. The summed E-state index contributed by atoms with van der Waals surface area (Å²) >= 11 is 0. The zero-order chi connectivity index (χ0) is 19.1. The smallest absolute Gasteiger partial charge is 0.233 e. The quantitative estimate of drug-likeness (QED) is 0.232. The van der Waals surface area contributed by atoms with E-state index in [0.717, 1.165) is 42.5 Å². The highest BCUT2D eigenvalue weighted by Gasteiger charge is 2.21. The molecular weight excluding hydrogens is 346 g/mol. The number of nitrogens with zero attached hydrogens (tertiary/aromatic N) is 4. The number of benzene rings is 1. The van der Waals surface area contributed by atoms with Crippen LogP contribution < -0.4 is 0 Å². The predicted molar refractivity (Wildman–Crippen MR) is 99.2 cm³/mol. The van der Waals surface area contributed by atoms with Gasteiger partial charge in [0.2, 0.25) is 18.2 Å². The summed E-state index contributed by atoms with van der Waals surface area (Å²) in [5.41, 5.74) is 1.94. The highest BCUT2D eigenvalue weighted by molar-refractivity contribution is 5.74. The standard InChI is InChI=1S/C19H25N5O3/c1-2-3-4-7-14(12-24(26)13-25)19-23-22-18(27-19)11-10-17-20-15-8-5-6-9-16(15)21-17/h5-6,8-9,13-14,26H,2-4,7,10-12H2,1H3,(H,20,21)/t14-/m1/s1. The first kappa shape index (κ1) is 19.0. The van der Waals surface area contributed by atoms with Crippen LogP contribution in [0.5, 0.6) is 0 Å². The van der Waals surface area contributed by atoms with E-state index >= 15 is 0 Å². The number of hydroxylamine groups is 2. The molecule has 27 heavy (non-hydrogen) atoms. The van der Waals surface area contributed by atoms with Gasteiger partial charge in [0.1, 0.15) is 5.82 Å². The molecular formula is C19H25N5O3. The minimum absolute atomic E-state index is 0.151. The lowest BCUT2D eigenvalue weighted by Gasteiger charge is -2.16. The maximum absolute atomic E-state index is 10.7. The van der Waals surface area contributed by atoms with Crippen molar-refractivity contribution >= 4 is 17.4 Å². The van der Waals surface area contributed by atoms with E-state index in [1.54, 1.807) is 0 Å². The van der Waals surface area contributed by atoms with Crippen LogP contribution >= 0.6 is 0 Å². The lowest BCUT2D eigenvalue weighted by atomic mass is 10.0. The molecule has 0 aliphatic carbocycles. The van der Waals surface area contributed by atoms with Crippen LogP contribution in [0.15, 0.2) is 28.7 Å². The molecule has 0 unspecified atom stereocenters. The lowest BCUT2D eigenvalue weighted by molar-refractivity contribution is -0.151. The Bertz CT molecular complexity index is 827. The minimum atomic E-state index is -0.167. The number of carbonyl (C=O) groups is 1. The van der Waals surface area contributed by atoms with Crippen molar-refractivity contribution in [1.29, 1.82) is 0 Å². The van der Waals surface area contributed by atoms with Gasteiger partial charge in [0, 0.05) is 12.8 Å². The molecule has 8 heteroatoms. The molecule has 8 nitrogen and oxygen atoms in total. The van der Waals surface area contributed by atoms with Gasteiger partial charge >= 0.3 is 0 Å². The van der Waals surface area contributed by atoms with Gasteiger partial charge in [-0.25, -0.2) is 10.0 Å². The number of rotatable bonds is 11. The topological polar surface area (TPSA) is 108 Å². The molecule has 0 aliphatic heterocycles. The Morgan fingerprint density at radius 3 is 2.89 bits per heavy atom. The normalized spacial score (nSPS) is 12.4. The second-order valence-electron chi connectivity index (χ2n) is 6.65. The molecule has 0 bridgehead atoms. The molecule has 0 fully saturated rings. The maximum Gasteiger partial charge on any atom is 0.233 e. The summed E-state index contributed by atoms with van der Waals surface area (Å²) < 4.78 is 5.80. The van der Waals surface area contributed by atoms with Crippen molar-refractivity contribution in [2.45, 2.75) is 51.4 Å². The molecule has 1 amide bonds. The summed E-state index contributed by atoms with van der Waals surface area (Å²) in [5, 5.41) is 18.4. The third-order valence-electron chi connectivity index (χ3n) is 4.53. The van der Waals surface area contributed by atoms with Crippen LogP contribution in [0, 0.1) is 0 Å². The van der Waals surface area contributed by atoms with E-state index in [-0.39, 0.29) is 12.5 Å².